The predicted octanol–water partition coefficient (Wildman–Crippen LogP) is 2.16. The van der Waals surface area contributed by atoms with Gasteiger partial charge in [0.25, 0.3) is 5.56 Å². The van der Waals surface area contributed by atoms with Gasteiger partial charge in [0.05, 0.1) is 18.2 Å². The summed E-state index contributed by atoms with van der Waals surface area (Å²) in [4.78, 5) is 59.6. The van der Waals surface area contributed by atoms with Crippen molar-refractivity contribution in [3.63, 3.8) is 0 Å². The zero-order valence-electron chi connectivity index (χ0n) is 17.5. The number of rotatable bonds is 5. The van der Waals surface area contributed by atoms with E-state index < -0.39 is 35.5 Å². The quantitative estimate of drug-likeness (QED) is 0.431. The summed E-state index contributed by atoms with van der Waals surface area (Å²) < 4.78 is 20.4. The van der Waals surface area contributed by atoms with Gasteiger partial charge in [-0.05, 0) is 42.5 Å². The molecule has 12 heteroatoms. The van der Waals surface area contributed by atoms with E-state index in [0.717, 1.165) is 17.7 Å². The van der Waals surface area contributed by atoms with E-state index in [1.165, 1.54) is 48.8 Å². The first-order valence-corrected chi connectivity index (χ1v) is 10.1. The van der Waals surface area contributed by atoms with Crippen LogP contribution in [-0.2, 0) is 16.1 Å². The van der Waals surface area contributed by atoms with Gasteiger partial charge in [-0.15, -0.1) is 0 Å². The molecule has 3 heterocycles. The van der Waals surface area contributed by atoms with Crippen molar-refractivity contribution < 1.29 is 18.7 Å². The van der Waals surface area contributed by atoms with Crippen LogP contribution >= 0.6 is 11.6 Å². The van der Waals surface area contributed by atoms with Crippen LogP contribution in [0.1, 0.15) is 10.4 Å². The van der Waals surface area contributed by atoms with Crippen molar-refractivity contribution in [2.45, 2.75) is 6.54 Å². The number of nitrogens with one attached hydrogen (secondary N) is 1. The van der Waals surface area contributed by atoms with Gasteiger partial charge in [-0.1, -0.05) is 11.6 Å². The average molecular weight is 484 g/mol. The van der Waals surface area contributed by atoms with Crippen LogP contribution in [-0.4, -0.2) is 38.1 Å². The van der Waals surface area contributed by atoms with E-state index in [1.807, 2.05) is 0 Å². The number of ether oxygens (including phenoxy) is 1. The number of hydrogen-bond acceptors (Lipinski definition) is 7. The normalized spacial score (nSPS) is 10.8. The van der Waals surface area contributed by atoms with Crippen LogP contribution in [0.2, 0.25) is 5.02 Å². The molecule has 0 aliphatic rings. The standard InChI is InChI=1S/C22H15ClFN5O5/c1-34-21(32)14-5-3-9-26-19(14)29-20(31)13-4-2-8-25-18(13)28(22(29)33)11-17(30)27-16-7-6-12(23)10-15(16)24/h2-10H,11H2,1H3,(H,27,30). The number of aromatic nitrogens is 4. The predicted molar refractivity (Wildman–Crippen MR) is 121 cm³/mol. The Bertz CT molecular complexity index is 1570. The third kappa shape index (κ3) is 4.16. The monoisotopic (exact) mass is 483 g/mol. The summed E-state index contributed by atoms with van der Waals surface area (Å²) in [6, 6.07) is 9.35. The van der Waals surface area contributed by atoms with E-state index in [0.29, 0.717) is 4.57 Å². The maximum atomic E-state index is 14.1. The molecule has 0 atom stereocenters. The first-order chi connectivity index (χ1) is 16.3. The van der Waals surface area contributed by atoms with Crippen molar-refractivity contribution in [1.29, 1.82) is 0 Å². The van der Waals surface area contributed by atoms with Crippen LogP contribution < -0.4 is 16.6 Å². The molecule has 0 unspecified atom stereocenters. The largest absolute Gasteiger partial charge is 0.465 e. The van der Waals surface area contributed by atoms with Crippen molar-refractivity contribution in [3.05, 3.63) is 92.1 Å². The van der Waals surface area contributed by atoms with Gasteiger partial charge in [-0.25, -0.2) is 28.5 Å². The summed E-state index contributed by atoms with van der Waals surface area (Å²) in [5.41, 5.74) is -2.13. The fourth-order valence-corrected chi connectivity index (χ4v) is 3.45. The third-order valence-corrected chi connectivity index (χ3v) is 5.04. The fourth-order valence-electron chi connectivity index (χ4n) is 3.30. The number of fused-ring (bicyclic) bond motifs is 1. The van der Waals surface area contributed by atoms with E-state index in [4.69, 9.17) is 16.3 Å². The summed E-state index contributed by atoms with van der Waals surface area (Å²) in [5.74, 6) is -2.62. The highest BCUT2D eigenvalue weighted by Gasteiger charge is 2.22. The lowest BCUT2D eigenvalue weighted by atomic mass is 10.2. The lowest BCUT2D eigenvalue weighted by Gasteiger charge is -2.14. The number of benzene rings is 1. The van der Waals surface area contributed by atoms with E-state index >= 15 is 0 Å². The average Bonchev–Trinajstić information content (AvgIpc) is 2.83. The summed E-state index contributed by atoms with van der Waals surface area (Å²) in [6.45, 7) is -0.616. The zero-order chi connectivity index (χ0) is 24.4. The Kier molecular flexibility index (Phi) is 6.19. The Morgan fingerprint density at radius 2 is 1.85 bits per heavy atom. The Morgan fingerprint density at radius 1 is 1.12 bits per heavy atom. The number of anilines is 1. The summed E-state index contributed by atoms with van der Waals surface area (Å²) in [7, 11) is 1.14. The summed E-state index contributed by atoms with van der Waals surface area (Å²) in [5, 5.41) is 2.49. The molecule has 0 spiro atoms. The van der Waals surface area contributed by atoms with Gasteiger partial charge in [0.1, 0.15) is 23.6 Å². The van der Waals surface area contributed by atoms with Crippen molar-refractivity contribution in [2.24, 2.45) is 0 Å². The van der Waals surface area contributed by atoms with E-state index in [9.17, 15) is 23.6 Å². The fraction of sp³-hybridized carbons (Fsp3) is 0.0909. The van der Waals surface area contributed by atoms with Crippen molar-refractivity contribution in [2.75, 3.05) is 12.4 Å². The van der Waals surface area contributed by atoms with Gasteiger partial charge < -0.3 is 10.1 Å². The second kappa shape index (κ2) is 9.24. The number of esters is 1. The van der Waals surface area contributed by atoms with E-state index in [-0.39, 0.29) is 33.1 Å². The van der Waals surface area contributed by atoms with Crippen LogP contribution in [0.5, 0.6) is 0 Å². The van der Waals surface area contributed by atoms with Crippen LogP contribution in [0.4, 0.5) is 10.1 Å². The van der Waals surface area contributed by atoms with Gasteiger partial charge in [-0.2, -0.15) is 0 Å². The molecule has 1 N–H and O–H groups in total. The molecule has 1 aromatic carbocycles. The van der Waals surface area contributed by atoms with Crippen LogP contribution in [0.3, 0.4) is 0 Å². The lowest BCUT2D eigenvalue weighted by Crippen LogP contribution is -2.42. The van der Waals surface area contributed by atoms with Crippen molar-refractivity contribution in [1.82, 2.24) is 19.1 Å². The van der Waals surface area contributed by atoms with Crippen molar-refractivity contribution in [3.8, 4) is 5.82 Å². The molecule has 0 saturated carbocycles. The maximum absolute atomic E-state index is 14.1. The first-order valence-electron chi connectivity index (χ1n) is 9.71. The molecule has 34 heavy (non-hydrogen) atoms. The molecule has 172 valence electrons. The van der Waals surface area contributed by atoms with Gasteiger partial charge in [0.2, 0.25) is 5.91 Å². The number of methoxy groups -OCH3 is 1. The highest BCUT2D eigenvalue weighted by molar-refractivity contribution is 6.30. The molecule has 4 rings (SSSR count). The third-order valence-electron chi connectivity index (χ3n) is 4.81. The van der Waals surface area contributed by atoms with Crippen LogP contribution in [0.15, 0.2) is 64.4 Å². The highest BCUT2D eigenvalue weighted by atomic mass is 35.5. The first kappa shape index (κ1) is 22.8. The number of nitrogens with zero attached hydrogens (tertiary/aromatic N) is 4. The molecule has 0 aliphatic carbocycles. The molecule has 10 nitrogen and oxygen atoms in total. The van der Waals surface area contributed by atoms with E-state index in [1.54, 1.807) is 0 Å². The Hall–Kier alpha value is -4.38. The number of amides is 1. The van der Waals surface area contributed by atoms with Gasteiger partial charge >= 0.3 is 11.7 Å². The Labute approximate surface area is 195 Å². The molecule has 3 aromatic heterocycles. The molecule has 0 bridgehead atoms. The summed E-state index contributed by atoms with van der Waals surface area (Å²) in [6.07, 6.45) is 2.64. The number of pyridine rings is 2. The van der Waals surface area contributed by atoms with Crippen LogP contribution in [0, 0.1) is 5.82 Å². The zero-order valence-corrected chi connectivity index (χ0v) is 18.2. The number of halogens is 2. The molecule has 0 saturated heterocycles. The minimum Gasteiger partial charge on any atom is -0.465 e. The number of carbonyl (C=O) groups excluding carboxylic acids is 2. The number of carbonyl (C=O) groups is 2. The Morgan fingerprint density at radius 3 is 2.59 bits per heavy atom. The molecule has 1 amide bonds. The lowest BCUT2D eigenvalue weighted by molar-refractivity contribution is -0.116. The number of hydrogen-bond donors (Lipinski definition) is 1. The summed E-state index contributed by atoms with van der Waals surface area (Å²) >= 11 is 5.73. The highest BCUT2D eigenvalue weighted by Crippen LogP contribution is 2.19. The van der Waals surface area contributed by atoms with Gasteiger partial charge in [0, 0.05) is 17.4 Å². The second-order valence-electron chi connectivity index (χ2n) is 6.92. The maximum Gasteiger partial charge on any atom is 0.341 e. The smallest absolute Gasteiger partial charge is 0.341 e. The van der Waals surface area contributed by atoms with Gasteiger partial charge in [-0.3, -0.25) is 14.2 Å². The molecule has 0 fully saturated rings. The van der Waals surface area contributed by atoms with Crippen molar-refractivity contribution >= 4 is 40.2 Å². The second-order valence-corrected chi connectivity index (χ2v) is 7.36. The Balaban J connectivity index is 1.87. The SMILES string of the molecule is COC(=O)c1cccnc1-n1c(=O)c2cccnc2n(CC(=O)Nc2ccc(Cl)cc2F)c1=O. The molecular formula is C22H15ClFN5O5. The minimum absolute atomic E-state index is 0.00552. The van der Waals surface area contributed by atoms with Gasteiger partial charge in [0.15, 0.2) is 5.82 Å². The minimum atomic E-state index is -0.980. The van der Waals surface area contributed by atoms with E-state index in [2.05, 4.69) is 15.3 Å². The van der Waals surface area contributed by atoms with Crippen LogP contribution in [0.25, 0.3) is 16.9 Å². The topological polar surface area (TPSA) is 125 Å². The molecular weight excluding hydrogens is 469 g/mol. The molecule has 4 aromatic rings. The molecule has 0 aliphatic heterocycles. The molecule has 0 radical (unpaired) electrons.